The van der Waals surface area contributed by atoms with Crippen molar-refractivity contribution in [3.8, 4) is 0 Å². The van der Waals surface area contributed by atoms with Crippen LogP contribution < -0.4 is 5.32 Å². The molecule has 2 aliphatic carbocycles. The molecule has 1 heterocycles. The molecule has 3 fully saturated rings. The Kier molecular flexibility index (Phi) is 2.42. The van der Waals surface area contributed by atoms with Crippen LogP contribution in [0.3, 0.4) is 0 Å². The average Bonchev–Trinajstić information content (AvgIpc) is 2.97. The van der Waals surface area contributed by atoms with Crippen LogP contribution in [0.2, 0.25) is 0 Å². The van der Waals surface area contributed by atoms with Crippen molar-refractivity contribution in [3.63, 3.8) is 0 Å². The Balaban J connectivity index is 1.47. The first-order valence-electron chi connectivity index (χ1n) is 6.28. The van der Waals surface area contributed by atoms with Crippen molar-refractivity contribution in [2.24, 2.45) is 17.8 Å². The van der Waals surface area contributed by atoms with Crippen molar-refractivity contribution in [2.45, 2.75) is 25.7 Å². The molecule has 1 aliphatic heterocycles. The highest BCUT2D eigenvalue weighted by Gasteiger charge is 2.58. The van der Waals surface area contributed by atoms with Crippen LogP contribution in [-0.4, -0.2) is 35.7 Å². The van der Waals surface area contributed by atoms with Crippen molar-refractivity contribution in [2.75, 3.05) is 13.1 Å². The molecule has 0 bridgehead atoms. The number of fused-ring (bicyclic) bond motifs is 1. The second-order valence-corrected chi connectivity index (χ2v) is 5.31. The van der Waals surface area contributed by atoms with Gasteiger partial charge in [-0.1, -0.05) is 6.42 Å². The van der Waals surface area contributed by atoms with Crippen LogP contribution in [0.4, 0.5) is 0 Å². The smallest absolute Gasteiger partial charge is 0.240 e. The summed E-state index contributed by atoms with van der Waals surface area (Å²) in [5.74, 6) is -0.140. The van der Waals surface area contributed by atoms with E-state index in [1.165, 1.54) is 19.3 Å². The first-order valence-corrected chi connectivity index (χ1v) is 6.28. The molecule has 3 amide bonds. The van der Waals surface area contributed by atoms with Crippen LogP contribution in [0.1, 0.15) is 25.7 Å². The van der Waals surface area contributed by atoms with Gasteiger partial charge >= 0.3 is 0 Å². The Morgan fingerprint density at radius 1 is 1.24 bits per heavy atom. The summed E-state index contributed by atoms with van der Waals surface area (Å²) in [5, 5.41) is 2.80. The van der Waals surface area contributed by atoms with Gasteiger partial charge in [0.2, 0.25) is 17.7 Å². The number of imide groups is 1. The van der Waals surface area contributed by atoms with Gasteiger partial charge in [0.15, 0.2) is 0 Å². The topological polar surface area (TPSA) is 66.5 Å². The molecule has 92 valence electrons. The van der Waals surface area contributed by atoms with Crippen LogP contribution >= 0.6 is 0 Å². The zero-order chi connectivity index (χ0) is 12.0. The number of carbonyl (C=O) groups excluding carboxylic acids is 3. The number of hydrogen-bond donors (Lipinski definition) is 1. The van der Waals surface area contributed by atoms with Gasteiger partial charge in [0.1, 0.15) is 6.54 Å². The van der Waals surface area contributed by atoms with Gasteiger partial charge in [0.05, 0.1) is 11.8 Å². The fraction of sp³-hybridized carbons (Fsp3) is 0.750. The number of nitrogens with one attached hydrogen (secondary N) is 1. The lowest BCUT2D eigenvalue weighted by Gasteiger charge is -2.25. The fourth-order valence-electron chi connectivity index (χ4n) is 2.56. The third-order valence-corrected chi connectivity index (χ3v) is 4.07. The summed E-state index contributed by atoms with van der Waals surface area (Å²) in [6, 6.07) is 0. The Bertz CT molecular complexity index is 369. The van der Waals surface area contributed by atoms with Gasteiger partial charge in [-0.3, -0.25) is 19.3 Å². The van der Waals surface area contributed by atoms with Crippen LogP contribution in [0.5, 0.6) is 0 Å². The summed E-state index contributed by atoms with van der Waals surface area (Å²) in [4.78, 5) is 36.0. The van der Waals surface area contributed by atoms with Gasteiger partial charge in [0.25, 0.3) is 0 Å². The minimum absolute atomic E-state index is 0.0859. The minimum Gasteiger partial charge on any atom is -0.354 e. The van der Waals surface area contributed by atoms with Crippen molar-refractivity contribution in [1.82, 2.24) is 10.2 Å². The summed E-state index contributed by atoms with van der Waals surface area (Å²) in [5.41, 5.74) is 0. The molecule has 0 spiro atoms. The Morgan fingerprint density at radius 3 is 2.41 bits per heavy atom. The van der Waals surface area contributed by atoms with E-state index in [-0.39, 0.29) is 36.1 Å². The molecule has 3 rings (SSSR count). The van der Waals surface area contributed by atoms with Crippen molar-refractivity contribution in [3.05, 3.63) is 0 Å². The zero-order valence-corrected chi connectivity index (χ0v) is 9.65. The summed E-state index contributed by atoms with van der Waals surface area (Å²) in [7, 11) is 0. The maximum atomic E-state index is 11.6. The van der Waals surface area contributed by atoms with Crippen molar-refractivity contribution < 1.29 is 14.4 Å². The third kappa shape index (κ3) is 1.83. The van der Waals surface area contributed by atoms with Crippen LogP contribution in [-0.2, 0) is 14.4 Å². The maximum Gasteiger partial charge on any atom is 0.240 e. The molecular formula is C12H16N2O3. The molecule has 3 aliphatic rings. The summed E-state index contributed by atoms with van der Waals surface area (Å²) in [6.45, 7) is 0.597. The van der Waals surface area contributed by atoms with Gasteiger partial charge in [-0.15, -0.1) is 0 Å². The van der Waals surface area contributed by atoms with Crippen LogP contribution in [0.15, 0.2) is 0 Å². The zero-order valence-electron chi connectivity index (χ0n) is 9.65. The molecular weight excluding hydrogens is 220 g/mol. The van der Waals surface area contributed by atoms with Gasteiger partial charge in [-0.25, -0.2) is 0 Å². The van der Waals surface area contributed by atoms with E-state index in [4.69, 9.17) is 0 Å². The van der Waals surface area contributed by atoms with E-state index in [0.717, 1.165) is 4.90 Å². The SMILES string of the molecule is O=C(CN1C(=O)C2CC2C1=O)NCC1CCC1. The first kappa shape index (κ1) is 10.7. The summed E-state index contributed by atoms with van der Waals surface area (Å²) in [6.07, 6.45) is 4.28. The molecule has 0 aromatic rings. The monoisotopic (exact) mass is 236 g/mol. The molecule has 5 heteroatoms. The predicted molar refractivity (Wildman–Crippen MR) is 58.7 cm³/mol. The molecule has 1 N–H and O–H groups in total. The quantitative estimate of drug-likeness (QED) is 0.694. The van der Waals surface area contributed by atoms with Crippen molar-refractivity contribution >= 4 is 17.7 Å². The third-order valence-electron chi connectivity index (χ3n) is 4.07. The van der Waals surface area contributed by atoms with E-state index in [1.54, 1.807) is 0 Å². The molecule has 5 nitrogen and oxygen atoms in total. The number of hydrogen-bond acceptors (Lipinski definition) is 3. The second-order valence-electron chi connectivity index (χ2n) is 5.31. The predicted octanol–water partition coefficient (Wildman–Crippen LogP) is -0.0924. The highest BCUT2D eigenvalue weighted by atomic mass is 16.2. The Hall–Kier alpha value is -1.39. The minimum atomic E-state index is -0.208. The van der Waals surface area contributed by atoms with Crippen LogP contribution in [0, 0.1) is 17.8 Å². The number of piperidine rings is 1. The van der Waals surface area contributed by atoms with E-state index >= 15 is 0 Å². The molecule has 2 unspecified atom stereocenters. The first-order chi connectivity index (χ1) is 8.16. The normalized spacial score (nSPS) is 31.2. The lowest BCUT2D eigenvalue weighted by atomic mass is 9.85. The molecule has 0 aromatic carbocycles. The number of likely N-dealkylation sites (tertiary alicyclic amines) is 1. The number of carbonyl (C=O) groups is 3. The summed E-state index contributed by atoms with van der Waals surface area (Å²) >= 11 is 0. The van der Waals surface area contributed by atoms with E-state index in [0.29, 0.717) is 18.9 Å². The molecule has 0 radical (unpaired) electrons. The molecule has 2 atom stereocenters. The molecule has 17 heavy (non-hydrogen) atoms. The maximum absolute atomic E-state index is 11.6. The van der Waals surface area contributed by atoms with E-state index in [9.17, 15) is 14.4 Å². The summed E-state index contributed by atoms with van der Waals surface area (Å²) < 4.78 is 0. The largest absolute Gasteiger partial charge is 0.354 e. The molecule has 1 saturated heterocycles. The highest BCUT2D eigenvalue weighted by molar-refractivity contribution is 6.10. The van der Waals surface area contributed by atoms with Gasteiger partial charge < -0.3 is 5.32 Å². The molecule has 0 aromatic heterocycles. The Labute approximate surface area is 99.5 Å². The lowest BCUT2D eigenvalue weighted by molar-refractivity contribution is -0.144. The van der Waals surface area contributed by atoms with E-state index < -0.39 is 0 Å². The standard InChI is InChI=1S/C12H16N2O3/c15-10(13-5-7-2-1-3-7)6-14-11(16)8-4-9(8)12(14)17/h7-9H,1-6H2,(H,13,15). The highest BCUT2D eigenvalue weighted by Crippen LogP contribution is 2.46. The number of rotatable bonds is 4. The van der Waals surface area contributed by atoms with Crippen LogP contribution in [0.25, 0.3) is 0 Å². The number of amides is 3. The van der Waals surface area contributed by atoms with Gasteiger partial charge in [-0.2, -0.15) is 0 Å². The number of nitrogens with zero attached hydrogens (tertiary/aromatic N) is 1. The fourth-order valence-corrected chi connectivity index (χ4v) is 2.56. The Morgan fingerprint density at radius 2 is 1.88 bits per heavy atom. The van der Waals surface area contributed by atoms with E-state index in [1.807, 2.05) is 0 Å². The second kappa shape index (κ2) is 3.82. The average molecular weight is 236 g/mol. The van der Waals surface area contributed by atoms with Gasteiger partial charge in [-0.05, 0) is 25.2 Å². The molecule has 2 saturated carbocycles. The van der Waals surface area contributed by atoms with Crippen molar-refractivity contribution in [1.29, 1.82) is 0 Å². The lowest BCUT2D eigenvalue weighted by Crippen LogP contribution is -2.43. The van der Waals surface area contributed by atoms with E-state index in [2.05, 4.69) is 5.32 Å². The van der Waals surface area contributed by atoms with Gasteiger partial charge in [0, 0.05) is 6.54 Å².